The zero-order valence-electron chi connectivity index (χ0n) is 14.6. The van der Waals surface area contributed by atoms with Gasteiger partial charge >= 0.3 is 0 Å². The van der Waals surface area contributed by atoms with Crippen molar-refractivity contribution in [3.63, 3.8) is 0 Å². The molecule has 2 aromatic heterocycles. The number of nitrogens with zero attached hydrogens (tertiary/aromatic N) is 4. The summed E-state index contributed by atoms with van der Waals surface area (Å²) in [5.41, 5.74) is 3.16. The van der Waals surface area contributed by atoms with Crippen molar-refractivity contribution in [3.05, 3.63) is 34.7 Å². The Morgan fingerprint density at radius 1 is 1.36 bits per heavy atom. The average molecular weight is 360 g/mol. The van der Waals surface area contributed by atoms with E-state index < -0.39 is 0 Å². The highest BCUT2D eigenvalue weighted by atomic mass is 32.1. The van der Waals surface area contributed by atoms with Crippen LogP contribution in [0.4, 0.5) is 0 Å². The second kappa shape index (κ2) is 7.35. The molecule has 0 radical (unpaired) electrons. The molecule has 1 spiro atoms. The van der Waals surface area contributed by atoms with Crippen LogP contribution in [0.25, 0.3) is 0 Å². The summed E-state index contributed by atoms with van der Waals surface area (Å²) >= 11 is 1.75. The average Bonchev–Trinajstić information content (AvgIpc) is 3.00. The fraction of sp³-hybridized carbons (Fsp3) is 0.611. The van der Waals surface area contributed by atoms with Gasteiger partial charge in [-0.2, -0.15) is 0 Å². The number of aromatic nitrogens is 3. The first-order valence-electron chi connectivity index (χ1n) is 8.87. The summed E-state index contributed by atoms with van der Waals surface area (Å²) in [5.74, 6) is 1.27. The number of aryl methyl sites for hydroxylation is 1. The Bertz CT molecular complexity index is 687. The Hall–Kier alpha value is -1.57. The topological polar surface area (TPSA) is 60.4 Å². The van der Waals surface area contributed by atoms with Crippen LogP contribution in [0.5, 0.6) is 5.88 Å². The second-order valence-corrected chi connectivity index (χ2v) is 8.02. The zero-order chi connectivity index (χ0) is 17.1. The SMILES string of the molecule is Cc1ncsc1CN1CC2(C[C@H](CCOc3cnccn3)CCO2)C1. The van der Waals surface area contributed by atoms with Gasteiger partial charge in [-0.3, -0.25) is 9.88 Å². The molecule has 0 bridgehead atoms. The van der Waals surface area contributed by atoms with Crippen molar-refractivity contribution < 1.29 is 9.47 Å². The number of ether oxygens (including phenoxy) is 2. The van der Waals surface area contributed by atoms with Gasteiger partial charge in [0.2, 0.25) is 5.88 Å². The number of hydrogen-bond donors (Lipinski definition) is 0. The molecule has 2 aromatic rings. The van der Waals surface area contributed by atoms with E-state index in [-0.39, 0.29) is 5.60 Å². The molecule has 7 heteroatoms. The van der Waals surface area contributed by atoms with E-state index in [0.717, 1.165) is 51.2 Å². The molecule has 0 aliphatic carbocycles. The number of likely N-dealkylation sites (tertiary alicyclic amines) is 1. The van der Waals surface area contributed by atoms with Crippen LogP contribution in [0.15, 0.2) is 24.1 Å². The van der Waals surface area contributed by atoms with Crippen molar-refractivity contribution in [2.75, 3.05) is 26.3 Å². The van der Waals surface area contributed by atoms with Gasteiger partial charge in [-0.25, -0.2) is 9.97 Å². The van der Waals surface area contributed by atoms with Gasteiger partial charge in [-0.05, 0) is 32.1 Å². The van der Waals surface area contributed by atoms with Crippen LogP contribution >= 0.6 is 11.3 Å². The Morgan fingerprint density at radius 3 is 3.04 bits per heavy atom. The highest BCUT2D eigenvalue weighted by Crippen LogP contribution is 2.39. The van der Waals surface area contributed by atoms with Crippen LogP contribution in [-0.2, 0) is 11.3 Å². The van der Waals surface area contributed by atoms with E-state index in [1.165, 1.54) is 4.88 Å². The third kappa shape index (κ3) is 3.99. The molecule has 2 saturated heterocycles. The van der Waals surface area contributed by atoms with E-state index in [1.807, 2.05) is 5.51 Å². The smallest absolute Gasteiger partial charge is 0.232 e. The Morgan fingerprint density at radius 2 is 2.28 bits per heavy atom. The van der Waals surface area contributed by atoms with Crippen LogP contribution in [-0.4, -0.2) is 51.8 Å². The minimum absolute atomic E-state index is 0.0636. The predicted molar refractivity (Wildman–Crippen MR) is 95.7 cm³/mol. The normalized spacial score (nSPS) is 22.7. The van der Waals surface area contributed by atoms with Gasteiger partial charge in [0, 0.05) is 43.5 Å². The molecule has 2 aliphatic rings. The lowest BCUT2D eigenvalue weighted by atomic mass is 9.79. The van der Waals surface area contributed by atoms with Crippen molar-refractivity contribution in [2.45, 2.75) is 38.3 Å². The minimum atomic E-state index is 0.0636. The highest BCUT2D eigenvalue weighted by Gasteiger charge is 2.47. The maximum absolute atomic E-state index is 6.16. The molecular weight excluding hydrogens is 336 g/mol. The molecule has 6 nitrogen and oxygen atoms in total. The van der Waals surface area contributed by atoms with Crippen LogP contribution < -0.4 is 4.74 Å². The first kappa shape index (κ1) is 16.9. The number of hydrogen-bond acceptors (Lipinski definition) is 7. The van der Waals surface area contributed by atoms with Crippen molar-refractivity contribution >= 4 is 11.3 Å². The Balaban J connectivity index is 1.23. The van der Waals surface area contributed by atoms with E-state index in [4.69, 9.17) is 9.47 Å². The molecule has 0 amide bonds. The lowest BCUT2D eigenvalue weighted by Gasteiger charge is -2.53. The van der Waals surface area contributed by atoms with E-state index >= 15 is 0 Å². The molecule has 4 rings (SSSR count). The first-order valence-corrected chi connectivity index (χ1v) is 9.74. The maximum atomic E-state index is 6.16. The molecule has 2 aliphatic heterocycles. The molecule has 4 heterocycles. The summed E-state index contributed by atoms with van der Waals surface area (Å²) in [7, 11) is 0. The summed E-state index contributed by atoms with van der Waals surface area (Å²) in [4.78, 5) is 16.4. The molecule has 0 unspecified atom stereocenters. The van der Waals surface area contributed by atoms with Crippen molar-refractivity contribution in [1.82, 2.24) is 19.9 Å². The van der Waals surface area contributed by atoms with Gasteiger partial charge in [-0.15, -0.1) is 11.3 Å². The monoisotopic (exact) mass is 360 g/mol. The first-order chi connectivity index (χ1) is 12.2. The summed E-state index contributed by atoms with van der Waals surface area (Å²) in [5, 5.41) is 0. The Kier molecular flexibility index (Phi) is 4.96. The standard InChI is InChI=1S/C18H24N4O2S/c1-14-16(25-13-21-14)10-22-11-18(12-22)8-15(3-7-24-18)2-6-23-17-9-19-4-5-20-17/h4-5,9,13,15H,2-3,6-8,10-12H2,1H3/t15-/m1/s1. The highest BCUT2D eigenvalue weighted by molar-refractivity contribution is 7.09. The molecule has 1 atom stereocenters. The molecule has 2 fully saturated rings. The molecule has 0 N–H and O–H groups in total. The molecule has 134 valence electrons. The number of rotatable bonds is 6. The predicted octanol–water partition coefficient (Wildman–Crippen LogP) is 2.69. The fourth-order valence-corrected chi connectivity index (χ4v) is 4.67. The van der Waals surface area contributed by atoms with Gasteiger partial charge < -0.3 is 9.47 Å². The third-order valence-electron chi connectivity index (χ3n) is 5.15. The third-order valence-corrected chi connectivity index (χ3v) is 6.07. The van der Waals surface area contributed by atoms with Crippen LogP contribution in [0.3, 0.4) is 0 Å². The largest absolute Gasteiger partial charge is 0.477 e. The van der Waals surface area contributed by atoms with Gasteiger partial charge in [0.1, 0.15) is 0 Å². The quantitative estimate of drug-likeness (QED) is 0.789. The van der Waals surface area contributed by atoms with Crippen LogP contribution in [0, 0.1) is 12.8 Å². The van der Waals surface area contributed by atoms with Crippen molar-refractivity contribution in [3.8, 4) is 5.88 Å². The number of thiazole rings is 1. The molecule has 0 aromatic carbocycles. The lowest BCUT2D eigenvalue weighted by molar-refractivity contribution is -0.181. The van der Waals surface area contributed by atoms with E-state index in [9.17, 15) is 0 Å². The van der Waals surface area contributed by atoms with Crippen molar-refractivity contribution in [1.29, 1.82) is 0 Å². The summed E-state index contributed by atoms with van der Waals surface area (Å²) in [6.45, 7) is 6.72. The molecular formula is C18H24N4O2S. The molecule has 0 saturated carbocycles. The second-order valence-electron chi connectivity index (χ2n) is 7.08. The van der Waals surface area contributed by atoms with Gasteiger partial charge in [0.25, 0.3) is 0 Å². The van der Waals surface area contributed by atoms with Gasteiger partial charge in [0.15, 0.2) is 0 Å². The van der Waals surface area contributed by atoms with Gasteiger partial charge in [0.05, 0.1) is 29.6 Å². The Labute approximate surface area is 152 Å². The van der Waals surface area contributed by atoms with Crippen LogP contribution in [0.1, 0.15) is 29.8 Å². The summed E-state index contributed by atoms with van der Waals surface area (Å²) in [6.07, 6.45) is 8.29. The fourth-order valence-electron chi connectivity index (χ4n) is 3.85. The lowest BCUT2D eigenvalue weighted by Crippen LogP contribution is -2.64. The molecule has 25 heavy (non-hydrogen) atoms. The summed E-state index contributed by atoms with van der Waals surface area (Å²) < 4.78 is 11.9. The van der Waals surface area contributed by atoms with E-state index in [0.29, 0.717) is 18.4 Å². The van der Waals surface area contributed by atoms with E-state index in [1.54, 1.807) is 29.9 Å². The zero-order valence-corrected chi connectivity index (χ0v) is 15.4. The maximum Gasteiger partial charge on any atom is 0.232 e. The van der Waals surface area contributed by atoms with Crippen LogP contribution in [0.2, 0.25) is 0 Å². The summed E-state index contributed by atoms with van der Waals surface area (Å²) in [6, 6.07) is 0. The van der Waals surface area contributed by atoms with Gasteiger partial charge in [-0.1, -0.05) is 0 Å². The van der Waals surface area contributed by atoms with E-state index in [2.05, 4.69) is 26.8 Å². The van der Waals surface area contributed by atoms with Crippen molar-refractivity contribution in [2.24, 2.45) is 5.92 Å². The minimum Gasteiger partial charge on any atom is -0.477 e.